The summed E-state index contributed by atoms with van der Waals surface area (Å²) in [5.74, 6) is -6.11. The second-order valence-electron chi connectivity index (χ2n) is 16.2. The number of hydrogen-bond donors (Lipinski definition) is 3. The molecule has 0 aromatic heterocycles. The first kappa shape index (κ1) is 50.7. The van der Waals surface area contributed by atoms with Gasteiger partial charge in [-0.15, -0.1) is 0 Å². The van der Waals surface area contributed by atoms with Crippen molar-refractivity contribution in [1.29, 1.82) is 0 Å². The van der Waals surface area contributed by atoms with E-state index in [-0.39, 0.29) is 25.5 Å². The van der Waals surface area contributed by atoms with Gasteiger partial charge in [0.05, 0.1) is 0 Å². The standard InChI is InChI=1S/C41H62N4O15/c1-22(2)18-30(36(50)42-19-24(5)43-39(52)55-20-29-16-14-13-15-17-29)45(37(51)32(23(3)4)44-40(53)60-41(10,11)12)38-35(58-28(9)49)34(57-27(8)48)33(56-26(7)47)31(59-38)21-54-25(6)46/h13-17,22-24,30-35,38H,18-21H2,1-12H3,(H,42,50)(H,43,52)(H,44,53)/t24-,30?,31+,32-,33+,34-,35+,38+/m0/s1. The maximum Gasteiger partial charge on any atom is 0.408 e. The van der Waals surface area contributed by atoms with E-state index < -0.39 is 115 Å². The summed E-state index contributed by atoms with van der Waals surface area (Å²) >= 11 is 0. The number of benzene rings is 1. The van der Waals surface area contributed by atoms with Crippen molar-refractivity contribution in [2.75, 3.05) is 13.2 Å². The zero-order valence-electron chi connectivity index (χ0n) is 36.6. The van der Waals surface area contributed by atoms with Crippen LogP contribution in [0.5, 0.6) is 0 Å². The third-order valence-corrected chi connectivity index (χ3v) is 8.59. The minimum atomic E-state index is -1.82. The van der Waals surface area contributed by atoms with E-state index in [1.54, 1.807) is 79.7 Å². The van der Waals surface area contributed by atoms with Crippen molar-refractivity contribution in [3.05, 3.63) is 35.9 Å². The maximum atomic E-state index is 15.2. The summed E-state index contributed by atoms with van der Waals surface area (Å²) in [6.07, 6.45) is -10.1. The Kier molecular flexibility index (Phi) is 19.7. The van der Waals surface area contributed by atoms with Crippen molar-refractivity contribution in [3.8, 4) is 0 Å². The van der Waals surface area contributed by atoms with Crippen molar-refractivity contribution in [2.45, 2.75) is 150 Å². The molecule has 8 atom stereocenters. The smallest absolute Gasteiger partial charge is 0.408 e. The molecule has 4 amide bonds. The minimum Gasteiger partial charge on any atom is -0.463 e. The molecule has 2 rings (SSSR count). The molecular weight excluding hydrogens is 788 g/mol. The van der Waals surface area contributed by atoms with Gasteiger partial charge in [0.1, 0.15) is 37.0 Å². The van der Waals surface area contributed by atoms with Gasteiger partial charge in [0.15, 0.2) is 24.5 Å². The van der Waals surface area contributed by atoms with Crippen LogP contribution in [0, 0.1) is 11.8 Å². The van der Waals surface area contributed by atoms with Crippen LogP contribution in [0.25, 0.3) is 0 Å². The third kappa shape index (κ3) is 17.0. The second kappa shape index (κ2) is 23.4. The van der Waals surface area contributed by atoms with Crippen molar-refractivity contribution in [1.82, 2.24) is 20.9 Å². The van der Waals surface area contributed by atoms with Crippen molar-refractivity contribution in [2.24, 2.45) is 11.8 Å². The lowest BCUT2D eigenvalue weighted by atomic mass is 9.92. The van der Waals surface area contributed by atoms with Gasteiger partial charge in [0.2, 0.25) is 11.8 Å². The molecule has 0 radical (unpaired) electrons. The molecule has 1 saturated heterocycles. The Morgan fingerprint density at radius 3 is 1.82 bits per heavy atom. The van der Waals surface area contributed by atoms with Crippen LogP contribution in [0.15, 0.2) is 30.3 Å². The summed E-state index contributed by atoms with van der Waals surface area (Å²) in [5, 5.41) is 8.00. The molecule has 19 nitrogen and oxygen atoms in total. The molecule has 1 fully saturated rings. The highest BCUT2D eigenvalue weighted by molar-refractivity contribution is 5.92. The molecule has 0 spiro atoms. The summed E-state index contributed by atoms with van der Waals surface area (Å²) in [4.78, 5) is 106. The van der Waals surface area contributed by atoms with E-state index in [2.05, 4.69) is 16.0 Å². The summed E-state index contributed by atoms with van der Waals surface area (Å²) in [7, 11) is 0. The SMILES string of the molecule is CC(=O)OC[C@H]1O[C@@H](N(C(=O)[C@@H](NC(=O)OC(C)(C)C)C(C)C)C(CC(C)C)C(=O)NC[C@H](C)NC(=O)OCc2ccccc2)[C@H](OC(C)=O)[C@@H](OC(C)=O)[C@@H]1OC(C)=O. The van der Waals surface area contributed by atoms with Gasteiger partial charge in [-0.3, -0.25) is 33.7 Å². The van der Waals surface area contributed by atoms with Crippen LogP contribution in [0.1, 0.15) is 95.1 Å². The van der Waals surface area contributed by atoms with Gasteiger partial charge in [0.25, 0.3) is 0 Å². The average Bonchev–Trinajstić information content (AvgIpc) is 3.11. The fraction of sp³-hybridized carbons (Fsp3) is 0.659. The maximum absolute atomic E-state index is 15.2. The second-order valence-corrected chi connectivity index (χ2v) is 16.2. The first-order valence-corrected chi connectivity index (χ1v) is 19.8. The molecule has 3 N–H and O–H groups in total. The van der Waals surface area contributed by atoms with Crippen LogP contribution >= 0.6 is 0 Å². The molecule has 1 aromatic rings. The van der Waals surface area contributed by atoms with Crippen LogP contribution in [-0.2, 0) is 68.5 Å². The van der Waals surface area contributed by atoms with Crippen LogP contribution in [0.4, 0.5) is 9.59 Å². The lowest BCUT2D eigenvalue weighted by Crippen LogP contribution is -2.71. The van der Waals surface area contributed by atoms with Gasteiger partial charge >= 0.3 is 36.1 Å². The summed E-state index contributed by atoms with van der Waals surface area (Å²) in [6.45, 7) is 16.8. The number of alkyl carbamates (subject to hydrolysis) is 2. The highest BCUT2D eigenvalue weighted by Crippen LogP contribution is 2.34. The number of esters is 4. The van der Waals surface area contributed by atoms with E-state index in [1.165, 1.54) is 0 Å². The highest BCUT2D eigenvalue weighted by Gasteiger charge is 2.57. The number of ether oxygens (including phenoxy) is 7. The van der Waals surface area contributed by atoms with Crippen LogP contribution in [0.2, 0.25) is 0 Å². The summed E-state index contributed by atoms with van der Waals surface area (Å²) < 4.78 is 39.3. The average molecular weight is 851 g/mol. The van der Waals surface area contributed by atoms with Crippen molar-refractivity contribution < 1.29 is 71.5 Å². The van der Waals surface area contributed by atoms with E-state index in [0.717, 1.165) is 38.2 Å². The largest absolute Gasteiger partial charge is 0.463 e. The summed E-state index contributed by atoms with van der Waals surface area (Å²) in [5.41, 5.74) is -0.203. The van der Waals surface area contributed by atoms with E-state index >= 15 is 4.79 Å². The van der Waals surface area contributed by atoms with Crippen molar-refractivity contribution >= 4 is 47.9 Å². The zero-order chi connectivity index (χ0) is 45.5. The third-order valence-electron chi connectivity index (χ3n) is 8.59. The molecule has 336 valence electrons. The molecule has 0 aliphatic carbocycles. The number of carbonyl (C=O) groups excluding carboxylic acids is 8. The minimum absolute atomic E-state index is 0.00360. The fourth-order valence-corrected chi connectivity index (χ4v) is 6.18. The lowest BCUT2D eigenvalue weighted by Gasteiger charge is -2.50. The Morgan fingerprint density at radius 2 is 1.30 bits per heavy atom. The van der Waals surface area contributed by atoms with Gasteiger partial charge in [-0.2, -0.15) is 0 Å². The molecule has 60 heavy (non-hydrogen) atoms. The Bertz CT molecular complexity index is 1650. The van der Waals surface area contributed by atoms with Gasteiger partial charge in [-0.25, -0.2) is 9.59 Å². The fourth-order valence-electron chi connectivity index (χ4n) is 6.18. The molecule has 1 heterocycles. The van der Waals surface area contributed by atoms with Crippen LogP contribution in [-0.4, -0.2) is 120 Å². The molecule has 1 unspecified atom stereocenters. The Morgan fingerprint density at radius 1 is 0.733 bits per heavy atom. The number of nitrogens with zero attached hydrogens (tertiary/aromatic N) is 1. The lowest BCUT2D eigenvalue weighted by molar-refractivity contribution is -0.279. The predicted molar refractivity (Wildman–Crippen MR) is 212 cm³/mol. The molecule has 19 heteroatoms. The molecule has 1 aliphatic rings. The van der Waals surface area contributed by atoms with Gasteiger partial charge in [-0.05, 0) is 51.5 Å². The van der Waals surface area contributed by atoms with E-state index in [1.807, 2.05) is 6.07 Å². The van der Waals surface area contributed by atoms with E-state index in [0.29, 0.717) is 0 Å². The highest BCUT2D eigenvalue weighted by atomic mass is 16.7. The number of amides is 4. The molecule has 1 aromatic carbocycles. The van der Waals surface area contributed by atoms with Crippen LogP contribution < -0.4 is 16.0 Å². The topological polar surface area (TPSA) is 240 Å². The van der Waals surface area contributed by atoms with E-state index in [4.69, 9.17) is 33.2 Å². The van der Waals surface area contributed by atoms with Gasteiger partial charge in [0, 0.05) is 40.3 Å². The van der Waals surface area contributed by atoms with Crippen LogP contribution in [0.3, 0.4) is 0 Å². The quantitative estimate of drug-likeness (QED) is 0.142. The first-order chi connectivity index (χ1) is 27.9. The number of nitrogens with one attached hydrogen (secondary N) is 3. The summed E-state index contributed by atoms with van der Waals surface area (Å²) in [6, 6.07) is 5.43. The monoisotopic (exact) mass is 850 g/mol. The Balaban J connectivity index is 2.76. The molecule has 0 bridgehead atoms. The van der Waals surface area contributed by atoms with Gasteiger partial charge < -0.3 is 49.1 Å². The number of rotatable bonds is 18. The molecule has 1 aliphatic heterocycles. The predicted octanol–water partition coefficient (Wildman–Crippen LogP) is 3.29. The molecular formula is C41H62N4O15. The normalized spacial score (nSPS) is 20.3. The zero-order valence-corrected chi connectivity index (χ0v) is 36.6. The van der Waals surface area contributed by atoms with Crippen molar-refractivity contribution in [3.63, 3.8) is 0 Å². The Labute approximate surface area is 351 Å². The number of hydrogen-bond acceptors (Lipinski definition) is 15. The Hall–Kier alpha value is -5.46. The van der Waals surface area contributed by atoms with E-state index in [9.17, 15) is 33.6 Å². The number of carbonyl (C=O) groups is 8. The van der Waals surface area contributed by atoms with Gasteiger partial charge in [-0.1, -0.05) is 58.0 Å². The first-order valence-electron chi connectivity index (χ1n) is 19.8. The molecule has 0 saturated carbocycles.